The van der Waals surface area contributed by atoms with Crippen LogP contribution in [-0.4, -0.2) is 24.2 Å². The number of aromatic nitrogens is 1. The molecule has 3 nitrogen and oxygen atoms in total. The molecule has 1 saturated heterocycles. The summed E-state index contributed by atoms with van der Waals surface area (Å²) in [5.74, 6) is 0. The molecule has 2 heterocycles. The first kappa shape index (κ1) is 11.0. The van der Waals surface area contributed by atoms with Crippen LogP contribution in [0.5, 0.6) is 0 Å². The third-order valence-electron chi connectivity index (χ3n) is 2.65. The van der Waals surface area contributed by atoms with Crippen LogP contribution in [0.15, 0.2) is 6.20 Å². The maximum atomic E-state index is 5.42. The Hall–Kier alpha value is -0.450. The summed E-state index contributed by atoms with van der Waals surface area (Å²) in [5, 5.41) is 4.69. The fourth-order valence-corrected chi connectivity index (χ4v) is 2.54. The molecule has 84 valence electrons. The second kappa shape index (κ2) is 5.58. The van der Waals surface area contributed by atoms with Crippen LogP contribution in [0.2, 0.25) is 0 Å². The Kier molecular flexibility index (Phi) is 4.11. The van der Waals surface area contributed by atoms with E-state index in [1.807, 2.05) is 17.5 Å². The second-order valence-electron chi connectivity index (χ2n) is 3.87. The summed E-state index contributed by atoms with van der Waals surface area (Å²) in [5.41, 5.74) is 0. The van der Waals surface area contributed by atoms with Crippen molar-refractivity contribution in [3.63, 3.8) is 0 Å². The molecule has 1 aromatic heterocycles. The second-order valence-corrected chi connectivity index (χ2v) is 5.07. The van der Waals surface area contributed by atoms with Crippen LogP contribution in [0.3, 0.4) is 0 Å². The monoisotopic (exact) mass is 226 g/mol. The number of nitrogens with one attached hydrogen (secondary N) is 1. The van der Waals surface area contributed by atoms with Gasteiger partial charge in [0.1, 0.15) is 5.01 Å². The molecule has 1 aliphatic heterocycles. The molecule has 0 aromatic carbocycles. The minimum Gasteiger partial charge on any atom is -0.380 e. The van der Waals surface area contributed by atoms with Gasteiger partial charge in [-0.25, -0.2) is 4.98 Å². The Morgan fingerprint density at radius 3 is 3.27 bits per heavy atom. The molecule has 0 amide bonds. The zero-order chi connectivity index (χ0) is 10.5. The highest BCUT2D eigenvalue weighted by Gasteiger charge is 2.13. The first-order chi connectivity index (χ1) is 7.38. The molecule has 1 aromatic rings. The van der Waals surface area contributed by atoms with E-state index in [9.17, 15) is 0 Å². The van der Waals surface area contributed by atoms with Gasteiger partial charge in [-0.1, -0.05) is 6.92 Å². The van der Waals surface area contributed by atoms with Crippen LogP contribution in [-0.2, 0) is 17.7 Å². The van der Waals surface area contributed by atoms with Crippen molar-refractivity contribution in [1.82, 2.24) is 10.3 Å². The smallest absolute Gasteiger partial charge is 0.107 e. The van der Waals surface area contributed by atoms with Gasteiger partial charge in [0, 0.05) is 30.3 Å². The first-order valence-corrected chi connectivity index (χ1v) is 6.45. The van der Waals surface area contributed by atoms with E-state index in [0.717, 1.165) is 26.2 Å². The van der Waals surface area contributed by atoms with Crippen LogP contribution < -0.4 is 5.32 Å². The third-order valence-corrected chi connectivity index (χ3v) is 3.79. The van der Waals surface area contributed by atoms with E-state index in [-0.39, 0.29) is 0 Å². The molecule has 1 N–H and O–H groups in total. The van der Waals surface area contributed by atoms with Gasteiger partial charge in [0.15, 0.2) is 0 Å². The summed E-state index contributed by atoms with van der Waals surface area (Å²) in [7, 11) is 0. The molecule has 0 radical (unpaired) electrons. The van der Waals surface area contributed by atoms with Crippen LogP contribution in [0.4, 0.5) is 0 Å². The molecule has 2 rings (SSSR count). The van der Waals surface area contributed by atoms with Gasteiger partial charge in [0.25, 0.3) is 0 Å². The molecule has 1 fully saturated rings. The van der Waals surface area contributed by atoms with Crippen molar-refractivity contribution < 1.29 is 4.74 Å². The average molecular weight is 226 g/mol. The Morgan fingerprint density at radius 1 is 1.67 bits per heavy atom. The van der Waals surface area contributed by atoms with Gasteiger partial charge >= 0.3 is 0 Å². The van der Waals surface area contributed by atoms with Gasteiger partial charge in [0.2, 0.25) is 0 Å². The summed E-state index contributed by atoms with van der Waals surface area (Å²) in [6, 6.07) is 0.521. The maximum Gasteiger partial charge on any atom is 0.107 e. The predicted octanol–water partition coefficient (Wildman–Crippen LogP) is 1.97. The van der Waals surface area contributed by atoms with E-state index in [1.54, 1.807) is 0 Å². The highest BCUT2D eigenvalue weighted by molar-refractivity contribution is 7.11. The molecular weight excluding hydrogens is 208 g/mol. The van der Waals surface area contributed by atoms with Gasteiger partial charge in [0.05, 0.1) is 6.61 Å². The largest absolute Gasteiger partial charge is 0.380 e. The van der Waals surface area contributed by atoms with Crippen LogP contribution >= 0.6 is 11.3 Å². The van der Waals surface area contributed by atoms with E-state index >= 15 is 0 Å². The van der Waals surface area contributed by atoms with E-state index in [2.05, 4.69) is 17.2 Å². The Morgan fingerprint density at radius 2 is 2.60 bits per heavy atom. The van der Waals surface area contributed by atoms with Crippen molar-refractivity contribution in [2.45, 2.75) is 38.8 Å². The predicted molar refractivity (Wildman–Crippen MR) is 62.2 cm³/mol. The average Bonchev–Trinajstić information content (AvgIpc) is 2.76. The summed E-state index contributed by atoms with van der Waals surface area (Å²) in [6.45, 7) is 4.83. The van der Waals surface area contributed by atoms with Crippen molar-refractivity contribution in [1.29, 1.82) is 0 Å². The fraction of sp³-hybridized carbons (Fsp3) is 0.727. The number of hydrogen-bond donors (Lipinski definition) is 1. The molecule has 4 heteroatoms. The van der Waals surface area contributed by atoms with Crippen molar-refractivity contribution in [2.75, 3.05) is 13.2 Å². The fourth-order valence-electron chi connectivity index (χ4n) is 1.73. The van der Waals surface area contributed by atoms with Gasteiger partial charge in [-0.05, 0) is 19.3 Å². The minimum absolute atomic E-state index is 0.521. The zero-order valence-corrected chi connectivity index (χ0v) is 9.98. The van der Waals surface area contributed by atoms with Gasteiger partial charge < -0.3 is 10.1 Å². The Bertz CT molecular complexity index is 295. The van der Waals surface area contributed by atoms with E-state index in [1.165, 1.54) is 22.7 Å². The van der Waals surface area contributed by atoms with Crippen LogP contribution in [0.1, 0.15) is 29.7 Å². The standard InChI is InChI=1S/C11H18N2OS/c1-2-10-6-13-11(15-10)7-12-9-4-3-5-14-8-9/h6,9,12H,2-5,7-8H2,1H3. The normalized spacial score (nSPS) is 21.8. The van der Waals surface area contributed by atoms with Crippen LogP contribution in [0.25, 0.3) is 0 Å². The molecular formula is C11H18N2OS. The molecule has 0 aliphatic carbocycles. The highest BCUT2D eigenvalue weighted by atomic mass is 32.1. The number of rotatable bonds is 4. The molecule has 1 unspecified atom stereocenters. The van der Waals surface area contributed by atoms with E-state index in [4.69, 9.17) is 4.74 Å². The van der Waals surface area contributed by atoms with Crippen LogP contribution in [0, 0.1) is 0 Å². The quantitative estimate of drug-likeness (QED) is 0.852. The number of nitrogens with zero attached hydrogens (tertiary/aromatic N) is 1. The van der Waals surface area contributed by atoms with E-state index in [0.29, 0.717) is 6.04 Å². The summed E-state index contributed by atoms with van der Waals surface area (Å²) >= 11 is 1.81. The number of ether oxygens (including phenoxy) is 1. The Labute approximate surface area is 94.9 Å². The van der Waals surface area contributed by atoms with Gasteiger partial charge in [-0.3, -0.25) is 0 Å². The molecule has 0 saturated carbocycles. The zero-order valence-electron chi connectivity index (χ0n) is 9.16. The summed E-state index contributed by atoms with van der Waals surface area (Å²) in [4.78, 5) is 5.75. The third kappa shape index (κ3) is 3.26. The Balaban J connectivity index is 1.76. The van der Waals surface area contributed by atoms with Gasteiger partial charge in [-0.15, -0.1) is 11.3 Å². The first-order valence-electron chi connectivity index (χ1n) is 5.63. The lowest BCUT2D eigenvalue weighted by atomic mass is 10.1. The summed E-state index contributed by atoms with van der Waals surface area (Å²) in [6.07, 6.45) is 5.48. The van der Waals surface area contributed by atoms with Crippen molar-refractivity contribution in [3.8, 4) is 0 Å². The molecule has 0 bridgehead atoms. The number of aryl methyl sites for hydroxylation is 1. The minimum atomic E-state index is 0.521. The molecule has 1 atom stereocenters. The number of hydrogen-bond acceptors (Lipinski definition) is 4. The number of thiazole rings is 1. The highest BCUT2D eigenvalue weighted by Crippen LogP contribution is 2.14. The maximum absolute atomic E-state index is 5.42. The van der Waals surface area contributed by atoms with Crippen molar-refractivity contribution in [3.05, 3.63) is 16.1 Å². The molecule has 15 heavy (non-hydrogen) atoms. The van der Waals surface area contributed by atoms with Crippen molar-refractivity contribution in [2.24, 2.45) is 0 Å². The lowest BCUT2D eigenvalue weighted by Gasteiger charge is -2.22. The molecule has 1 aliphatic rings. The summed E-state index contributed by atoms with van der Waals surface area (Å²) < 4.78 is 5.42. The molecule has 0 spiro atoms. The lowest BCUT2D eigenvalue weighted by Crippen LogP contribution is -2.36. The van der Waals surface area contributed by atoms with E-state index < -0.39 is 0 Å². The van der Waals surface area contributed by atoms with Crippen molar-refractivity contribution >= 4 is 11.3 Å². The lowest BCUT2D eigenvalue weighted by molar-refractivity contribution is 0.0699. The SMILES string of the molecule is CCc1cnc(CNC2CCCOC2)s1. The topological polar surface area (TPSA) is 34.2 Å². The van der Waals surface area contributed by atoms with Gasteiger partial charge in [-0.2, -0.15) is 0 Å².